The van der Waals surface area contributed by atoms with E-state index in [4.69, 9.17) is 17.2 Å². The molecule has 1 saturated heterocycles. The zero-order valence-electron chi connectivity index (χ0n) is 19.2. The monoisotopic (exact) mass is 596 g/mol. The molecule has 2 aliphatic heterocycles. The van der Waals surface area contributed by atoms with Crippen LogP contribution in [0.4, 0.5) is 10.9 Å². The Balaban J connectivity index is 1.46. The molecule has 9 N–H and O–H groups in total. The lowest BCUT2D eigenvalue weighted by Gasteiger charge is -2.49. The summed E-state index contributed by atoms with van der Waals surface area (Å²) in [6.07, 6.45) is 1.59. The molecule has 4 heterocycles. The number of amides is 2. The van der Waals surface area contributed by atoms with E-state index in [9.17, 15) is 24.7 Å². The van der Waals surface area contributed by atoms with E-state index in [0.717, 1.165) is 16.4 Å². The molecule has 2 aliphatic rings. The number of allylic oxidation sites excluding steroid dienone is 1. The average molecular weight is 597 g/mol. The average Bonchev–Trinajstić information content (AvgIpc) is 3.31. The van der Waals surface area contributed by atoms with Crippen LogP contribution in [0.5, 0.6) is 0 Å². The summed E-state index contributed by atoms with van der Waals surface area (Å²) in [6.45, 7) is 0.462. The summed E-state index contributed by atoms with van der Waals surface area (Å²) in [5.41, 5.74) is 16.6. The van der Waals surface area contributed by atoms with Gasteiger partial charge in [-0.05, 0) is 17.1 Å². The van der Waals surface area contributed by atoms with Crippen molar-refractivity contribution < 1.29 is 24.7 Å². The van der Waals surface area contributed by atoms with E-state index in [1.807, 2.05) is 0 Å². The van der Waals surface area contributed by atoms with Crippen LogP contribution in [0.15, 0.2) is 44.2 Å². The zero-order chi connectivity index (χ0) is 27.4. The first-order chi connectivity index (χ1) is 18.2. The number of oxime groups is 1. The van der Waals surface area contributed by atoms with Crippen molar-refractivity contribution in [3.05, 3.63) is 34.6 Å². The number of β-lactam (4-membered cyclic amide) rings is 1. The highest BCUT2D eigenvalue weighted by Gasteiger charge is 2.54. The Bertz CT molecular complexity index is 1360. The van der Waals surface area contributed by atoms with Crippen LogP contribution in [0, 0.1) is 0 Å². The fourth-order valence-corrected chi connectivity index (χ4v) is 6.53. The van der Waals surface area contributed by atoms with Crippen LogP contribution in [0.3, 0.4) is 0 Å². The first kappa shape index (κ1) is 27.6. The van der Waals surface area contributed by atoms with E-state index in [1.54, 1.807) is 17.6 Å². The van der Waals surface area contributed by atoms with Gasteiger partial charge in [0.25, 0.3) is 11.8 Å². The third-order valence-corrected chi connectivity index (χ3v) is 8.41. The van der Waals surface area contributed by atoms with Crippen molar-refractivity contribution in [1.82, 2.24) is 29.5 Å². The van der Waals surface area contributed by atoms with Crippen molar-refractivity contribution >= 4 is 81.3 Å². The third kappa shape index (κ3) is 5.85. The van der Waals surface area contributed by atoms with Crippen molar-refractivity contribution in [3.8, 4) is 0 Å². The number of rotatable bonds is 10. The van der Waals surface area contributed by atoms with Gasteiger partial charge in [-0.25, -0.2) is 14.8 Å². The molecule has 38 heavy (non-hydrogen) atoms. The number of carboxylic acid groups (broad SMARTS) is 1. The van der Waals surface area contributed by atoms with Crippen LogP contribution in [0.2, 0.25) is 0 Å². The molecule has 0 radical (unpaired) electrons. The number of anilines is 2. The molecule has 0 saturated carbocycles. The van der Waals surface area contributed by atoms with Gasteiger partial charge in [-0.2, -0.15) is 9.36 Å². The predicted molar refractivity (Wildman–Crippen MR) is 144 cm³/mol. The largest absolute Gasteiger partial charge is 0.477 e. The Morgan fingerprint density at radius 2 is 2.11 bits per heavy atom. The number of hydrogen-bond acceptors (Lipinski definition) is 16. The maximum absolute atomic E-state index is 12.9. The van der Waals surface area contributed by atoms with Gasteiger partial charge in [-0.3, -0.25) is 14.5 Å². The van der Waals surface area contributed by atoms with E-state index in [2.05, 4.69) is 29.8 Å². The van der Waals surface area contributed by atoms with Gasteiger partial charge in [0, 0.05) is 35.6 Å². The zero-order valence-corrected chi connectivity index (χ0v) is 22.4. The van der Waals surface area contributed by atoms with Crippen molar-refractivity contribution in [1.29, 1.82) is 0 Å². The topological polar surface area (TPSA) is 249 Å². The second kappa shape index (κ2) is 12.0. The summed E-state index contributed by atoms with van der Waals surface area (Å²) in [6, 6.07) is 0.550. The number of nitrogens with zero attached hydrogens (tertiary/aromatic N) is 6. The molecule has 1 fully saturated rings. The fourth-order valence-electron chi connectivity index (χ4n) is 3.39. The Labute approximate surface area is 231 Å². The maximum Gasteiger partial charge on any atom is 0.352 e. The number of carbonyl (C=O) groups excluding carboxylic acids is 2. The number of thioether (sulfide) groups is 3. The highest BCUT2D eigenvalue weighted by Crippen LogP contribution is 2.41. The Morgan fingerprint density at radius 1 is 1.32 bits per heavy atom. The number of aliphatic carboxylic acids is 1. The van der Waals surface area contributed by atoms with Gasteiger partial charge in [0.1, 0.15) is 28.0 Å². The molecule has 0 bridgehead atoms. The van der Waals surface area contributed by atoms with Crippen LogP contribution >= 0.6 is 46.8 Å². The lowest BCUT2D eigenvalue weighted by Crippen LogP contribution is -2.71. The normalized spacial score (nSPS) is 19.4. The first-order valence-electron chi connectivity index (χ1n) is 10.6. The molecule has 2 atom stereocenters. The van der Waals surface area contributed by atoms with E-state index in [0.29, 0.717) is 33.9 Å². The van der Waals surface area contributed by atoms with Crippen LogP contribution in [0.25, 0.3) is 0 Å². The Kier molecular flexibility index (Phi) is 8.72. The summed E-state index contributed by atoms with van der Waals surface area (Å²) in [5.74, 6) is -1.83. The number of fused-ring (bicyclic) bond motifs is 1. The standard InChI is InChI=1S/C19H20N10O5S4/c20-2-4-36-19-23-8(21)5-9(24-19)35-3-1-7-6-37-16-11(15(31)29(16)12(7)17(32)33)25-14(30)10(27-34)13-26-18(22)38-28-13/h1,3,5,11,16,34H,2,4,6,20H2,(H,25,30)(H,32,33)(H2,21,23,24)(H2,22,26,28)/t11-,16-/m1/s1. The number of aromatic nitrogens is 4. The minimum atomic E-state index is -1.29. The summed E-state index contributed by atoms with van der Waals surface area (Å²) in [5, 5.41) is 26.5. The van der Waals surface area contributed by atoms with Gasteiger partial charge in [0.2, 0.25) is 11.5 Å². The van der Waals surface area contributed by atoms with Gasteiger partial charge in [-0.1, -0.05) is 28.7 Å². The van der Waals surface area contributed by atoms with Crippen molar-refractivity contribution in [2.24, 2.45) is 10.9 Å². The molecule has 0 aromatic carbocycles. The summed E-state index contributed by atoms with van der Waals surface area (Å²) >= 11 is 4.66. The predicted octanol–water partition coefficient (Wildman–Crippen LogP) is -0.234. The Morgan fingerprint density at radius 3 is 2.76 bits per heavy atom. The van der Waals surface area contributed by atoms with E-state index in [-0.39, 0.29) is 22.4 Å². The van der Waals surface area contributed by atoms with Crippen molar-refractivity contribution in [2.75, 3.05) is 29.5 Å². The molecular weight excluding hydrogens is 577 g/mol. The number of nitrogens with two attached hydrogens (primary N) is 3. The van der Waals surface area contributed by atoms with Crippen LogP contribution in [0.1, 0.15) is 5.82 Å². The van der Waals surface area contributed by atoms with Crippen LogP contribution in [-0.4, -0.2) is 87.5 Å². The number of carboxylic acids is 1. The summed E-state index contributed by atoms with van der Waals surface area (Å²) in [7, 11) is 0. The lowest BCUT2D eigenvalue weighted by molar-refractivity contribution is -0.150. The van der Waals surface area contributed by atoms with E-state index >= 15 is 0 Å². The van der Waals surface area contributed by atoms with Crippen LogP contribution < -0.4 is 22.5 Å². The second-order valence-electron chi connectivity index (χ2n) is 7.42. The smallest absolute Gasteiger partial charge is 0.352 e. The minimum Gasteiger partial charge on any atom is -0.477 e. The fraction of sp³-hybridized carbons (Fsp3) is 0.263. The first-order valence-corrected chi connectivity index (χ1v) is 14.3. The molecule has 2 amide bonds. The van der Waals surface area contributed by atoms with Crippen molar-refractivity contribution in [3.63, 3.8) is 0 Å². The molecule has 2 aromatic rings. The molecule has 2 aromatic heterocycles. The van der Waals surface area contributed by atoms with E-state index in [1.165, 1.54) is 35.3 Å². The molecule has 0 aliphatic carbocycles. The quantitative estimate of drug-likeness (QED) is 0.0394. The van der Waals surface area contributed by atoms with Gasteiger partial charge in [0.15, 0.2) is 10.3 Å². The number of carbonyl (C=O) groups is 3. The minimum absolute atomic E-state index is 0.0618. The van der Waals surface area contributed by atoms with Gasteiger partial charge < -0.3 is 32.8 Å². The summed E-state index contributed by atoms with van der Waals surface area (Å²) < 4.78 is 3.82. The van der Waals surface area contributed by atoms with Crippen molar-refractivity contribution in [2.45, 2.75) is 21.6 Å². The lowest BCUT2D eigenvalue weighted by atomic mass is 10.0. The molecule has 19 heteroatoms. The number of hydrogen-bond donors (Lipinski definition) is 6. The molecule has 4 rings (SSSR count). The van der Waals surface area contributed by atoms with Gasteiger partial charge in [-0.15, -0.1) is 11.8 Å². The van der Waals surface area contributed by atoms with Crippen LogP contribution in [-0.2, 0) is 14.4 Å². The molecule has 200 valence electrons. The van der Waals surface area contributed by atoms with Gasteiger partial charge >= 0.3 is 5.97 Å². The SMILES string of the molecule is NCCSc1nc(N)cc(SC=CC2=C(C(=O)O)N3C(=O)[C@@H](NC(=O)C(=NO)c4nsc(N)n4)[C@H]3SC2)n1. The second-order valence-corrected chi connectivity index (χ2v) is 11.3. The number of nitrogens with one attached hydrogen (secondary N) is 1. The summed E-state index contributed by atoms with van der Waals surface area (Å²) in [4.78, 5) is 51.0. The molecule has 0 spiro atoms. The molecule has 15 nitrogen and oxygen atoms in total. The third-order valence-electron chi connectivity index (χ3n) is 4.96. The molecular formula is C19H20N10O5S4. The maximum atomic E-state index is 12.9. The highest BCUT2D eigenvalue weighted by atomic mass is 32.2. The van der Waals surface area contributed by atoms with Gasteiger partial charge in [0.05, 0.1) is 0 Å². The number of nitrogen functional groups attached to an aromatic ring is 2. The highest BCUT2D eigenvalue weighted by molar-refractivity contribution is 8.02. The molecule has 0 unspecified atom stereocenters. The van der Waals surface area contributed by atoms with E-state index < -0.39 is 34.9 Å². The Hall–Kier alpha value is -3.39.